The maximum Gasteiger partial charge on any atom is 0.334 e. The Morgan fingerprint density at radius 2 is 1.88 bits per heavy atom. The summed E-state index contributed by atoms with van der Waals surface area (Å²) in [5, 5.41) is 0. The Morgan fingerprint density at radius 1 is 1.16 bits per heavy atom. The first kappa shape index (κ1) is 16.8. The van der Waals surface area contributed by atoms with Crippen LogP contribution in [0.4, 0.5) is 5.69 Å². The number of esters is 1. The van der Waals surface area contributed by atoms with Crippen molar-refractivity contribution in [1.29, 1.82) is 0 Å². The van der Waals surface area contributed by atoms with Gasteiger partial charge in [-0.2, -0.15) is 0 Å². The van der Waals surface area contributed by atoms with E-state index in [4.69, 9.17) is 15.2 Å². The van der Waals surface area contributed by atoms with Gasteiger partial charge in [-0.3, -0.25) is 0 Å². The topological polar surface area (TPSA) is 73.9 Å². The number of rotatable bonds is 4. The van der Waals surface area contributed by atoms with Crippen molar-refractivity contribution in [1.82, 2.24) is 0 Å². The van der Waals surface area contributed by atoms with Crippen LogP contribution in [0.1, 0.15) is 18.9 Å². The average Bonchev–Trinajstić information content (AvgIpc) is 2.79. The van der Waals surface area contributed by atoms with Crippen LogP contribution in [0.25, 0.3) is 17.2 Å². The minimum absolute atomic E-state index is 0.283. The molecule has 1 aliphatic rings. The van der Waals surface area contributed by atoms with Crippen LogP contribution in [0.15, 0.2) is 53.0 Å². The number of hydrogen-bond donors (Lipinski definition) is 1. The Balaban J connectivity index is 2.02. The highest BCUT2D eigenvalue weighted by Crippen LogP contribution is 2.32. The van der Waals surface area contributed by atoms with Gasteiger partial charge < -0.3 is 15.2 Å². The van der Waals surface area contributed by atoms with E-state index in [1.807, 2.05) is 48.5 Å². The zero-order valence-electron chi connectivity index (χ0n) is 14.3. The van der Waals surface area contributed by atoms with E-state index in [9.17, 15) is 4.79 Å². The summed E-state index contributed by atoms with van der Waals surface area (Å²) in [5.74, 6) is 0.846. The van der Waals surface area contributed by atoms with Crippen LogP contribution in [0.5, 0.6) is 5.75 Å². The van der Waals surface area contributed by atoms with Crippen LogP contribution in [-0.4, -0.2) is 25.5 Å². The molecule has 0 unspecified atom stereocenters. The molecule has 1 heterocycles. The minimum atomic E-state index is -0.358. The Hall–Kier alpha value is -3.08. The summed E-state index contributed by atoms with van der Waals surface area (Å²) in [4.78, 5) is 16.5. The Morgan fingerprint density at radius 3 is 2.56 bits per heavy atom. The molecule has 25 heavy (non-hydrogen) atoms. The van der Waals surface area contributed by atoms with Crippen LogP contribution in [0.3, 0.4) is 0 Å². The van der Waals surface area contributed by atoms with Crippen molar-refractivity contribution >= 4 is 23.6 Å². The molecule has 0 aromatic heterocycles. The number of hydrogen-bond acceptors (Lipinski definition) is 5. The fourth-order valence-corrected chi connectivity index (χ4v) is 2.72. The third-order valence-corrected chi connectivity index (χ3v) is 3.95. The first-order chi connectivity index (χ1) is 12.1. The zero-order chi connectivity index (χ0) is 17.8. The van der Waals surface area contributed by atoms with Crippen molar-refractivity contribution in [3.05, 3.63) is 53.6 Å². The molecule has 3 rings (SSSR count). The predicted molar refractivity (Wildman–Crippen MR) is 98.9 cm³/mol. The summed E-state index contributed by atoms with van der Waals surface area (Å²) in [7, 11) is 1.64. The number of nitrogens with two attached hydrogens (primary N) is 1. The molecule has 2 N–H and O–H groups in total. The molecule has 0 atom stereocenters. The molecule has 2 aromatic carbocycles. The second-order valence-corrected chi connectivity index (χ2v) is 5.67. The maximum absolute atomic E-state index is 12.1. The van der Waals surface area contributed by atoms with Gasteiger partial charge in [0.25, 0.3) is 0 Å². The minimum Gasteiger partial charge on any atom is -0.497 e. The van der Waals surface area contributed by atoms with Gasteiger partial charge in [-0.05, 0) is 48.4 Å². The van der Waals surface area contributed by atoms with E-state index in [0.29, 0.717) is 18.0 Å². The maximum atomic E-state index is 12.1. The van der Waals surface area contributed by atoms with Gasteiger partial charge in [0.1, 0.15) is 11.6 Å². The van der Waals surface area contributed by atoms with E-state index in [2.05, 4.69) is 4.99 Å². The number of benzene rings is 2. The van der Waals surface area contributed by atoms with Crippen LogP contribution in [-0.2, 0) is 9.53 Å². The summed E-state index contributed by atoms with van der Waals surface area (Å²) in [6.07, 6.45) is 2.09. The molecule has 0 amide bonds. The van der Waals surface area contributed by atoms with Crippen molar-refractivity contribution < 1.29 is 14.3 Å². The molecule has 0 fully saturated rings. The van der Waals surface area contributed by atoms with Gasteiger partial charge in [-0.15, -0.1) is 0 Å². The van der Waals surface area contributed by atoms with E-state index in [-0.39, 0.29) is 12.4 Å². The lowest BCUT2D eigenvalue weighted by molar-refractivity contribution is -0.138. The predicted octanol–water partition coefficient (Wildman–Crippen LogP) is 3.70. The summed E-state index contributed by atoms with van der Waals surface area (Å²) in [6, 6.07) is 13.7. The SMILES string of the molecule is CCOC(=O)C1=Cc2cc(-c3ccc(OC)cc3)ccc2N=C(N)C1. The van der Waals surface area contributed by atoms with Crippen molar-refractivity contribution in [2.45, 2.75) is 13.3 Å². The molecule has 0 saturated carbocycles. The first-order valence-corrected chi connectivity index (χ1v) is 8.10. The number of amidine groups is 1. The second-order valence-electron chi connectivity index (χ2n) is 5.67. The van der Waals surface area contributed by atoms with E-state index in [1.165, 1.54) is 0 Å². The number of aliphatic imine (C=N–C) groups is 1. The third kappa shape index (κ3) is 3.71. The molecule has 1 aliphatic heterocycles. The Kier molecular flexibility index (Phi) is 4.84. The first-order valence-electron chi connectivity index (χ1n) is 8.10. The summed E-state index contributed by atoms with van der Waals surface area (Å²) in [6.45, 7) is 2.11. The number of nitrogens with zero attached hydrogens (tertiary/aromatic N) is 1. The van der Waals surface area contributed by atoms with E-state index in [0.717, 1.165) is 28.1 Å². The number of methoxy groups -OCH3 is 1. The van der Waals surface area contributed by atoms with Gasteiger partial charge in [0.05, 0.1) is 19.4 Å². The number of carbonyl (C=O) groups is 1. The normalized spacial score (nSPS) is 13.2. The van der Waals surface area contributed by atoms with Gasteiger partial charge in [-0.25, -0.2) is 9.79 Å². The van der Waals surface area contributed by atoms with Crippen molar-refractivity contribution in [3.63, 3.8) is 0 Å². The standard InChI is InChI=1S/C20H20N2O3/c1-3-25-20(23)16-11-15-10-14(6-9-18(15)22-19(21)12-16)13-4-7-17(24-2)8-5-13/h4-11H,3,12H2,1-2H3,(H2,21,22). The highest BCUT2D eigenvalue weighted by molar-refractivity contribution is 6.03. The summed E-state index contributed by atoms with van der Waals surface area (Å²) >= 11 is 0. The molecule has 0 bridgehead atoms. The summed E-state index contributed by atoms with van der Waals surface area (Å²) in [5.41, 5.74) is 10.1. The van der Waals surface area contributed by atoms with Crippen LogP contribution < -0.4 is 10.5 Å². The molecule has 5 nitrogen and oxygen atoms in total. The number of ether oxygens (including phenoxy) is 2. The monoisotopic (exact) mass is 336 g/mol. The van der Waals surface area contributed by atoms with Gasteiger partial charge >= 0.3 is 5.97 Å². The largest absolute Gasteiger partial charge is 0.497 e. The van der Waals surface area contributed by atoms with Crippen LogP contribution in [0.2, 0.25) is 0 Å². The van der Waals surface area contributed by atoms with E-state index in [1.54, 1.807) is 14.0 Å². The quantitative estimate of drug-likeness (QED) is 0.864. The lowest BCUT2D eigenvalue weighted by Gasteiger charge is -2.07. The molecule has 0 spiro atoms. The lowest BCUT2D eigenvalue weighted by atomic mass is 10.0. The van der Waals surface area contributed by atoms with Crippen molar-refractivity contribution in [3.8, 4) is 16.9 Å². The van der Waals surface area contributed by atoms with Gasteiger partial charge in [0, 0.05) is 17.6 Å². The lowest BCUT2D eigenvalue weighted by Crippen LogP contribution is -2.16. The molecule has 128 valence electrons. The van der Waals surface area contributed by atoms with Crippen molar-refractivity contribution in [2.24, 2.45) is 10.7 Å². The molecule has 2 aromatic rings. The van der Waals surface area contributed by atoms with Crippen LogP contribution >= 0.6 is 0 Å². The molecule has 5 heteroatoms. The van der Waals surface area contributed by atoms with E-state index < -0.39 is 0 Å². The third-order valence-electron chi connectivity index (χ3n) is 3.95. The molecule has 0 radical (unpaired) electrons. The fraction of sp³-hybridized carbons (Fsp3) is 0.200. The second kappa shape index (κ2) is 7.21. The Labute approximate surface area is 146 Å². The molecular weight excluding hydrogens is 316 g/mol. The zero-order valence-corrected chi connectivity index (χ0v) is 14.3. The number of carbonyl (C=O) groups excluding carboxylic acids is 1. The van der Waals surface area contributed by atoms with Gasteiger partial charge in [0.2, 0.25) is 0 Å². The summed E-state index contributed by atoms with van der Waals surface area (Å²) < 4.78 is 10.3. The van der Waals surface area contributed by atoms with Crippen LogP contribution in [0, 0.1) is 0 Å². The fourth-order valence-electron chi connectivity index (χ4n) is 2.72. The van der Waals surface area contributed by atoms with E-state index >= 15 is 0 Å². The van der Waals surface area contributed by atoms with Crippen molar-refractivity contribution in [2.75, 3.05) is 13.7 Å². The molecular formula is C20H20N2O3. The molecule has 0 aliphatic carbocycles. The highest BCUT2D eigenvalue weighted by atomic mass is 16.5. The molecule has 0 saturated heterocycles. The average molecular weight is 336 g/mol. The Bertz CT molecular complexity index is 852. The highest BCUT2D eigenvalue weighted by Gasteiger charge is 2.17. The van der Waals surface area contributed by atoms with Gasteiger partial charge in [-0.1, -0.05) is 18.2 Å². The smallest absolute Gasteiger partial charge is 0.334 e. The van der Waals surface area contributed by atoms with Gasteiger partial charge in [0.15, 0.2) is 0 Å². The number of fused-ring (bicyclic) bond motifs is 1.